The van der Waals surface area contributed by atoms with Crippen molar-refractivity contribution in [2.75, 3.05) is 0 Å². The second kappa shape index (κ2) is 2.14. The van der Waals surface area contributed by atoms with Crippen LogP contribution < -0.4 is 0 Å². The van der Waals surface area contributed by atoms with Crippen molar-refractivity contribution in [1.29, 1.82) is 0 Å². The maximum absolute atomic E-state index is 10.1. The van der Waals surface area contributed by atoms with Gasteiger partial charge in [-0.05, 0) is 0 Å². The standard InChI is InChI=1S/C2H9NOSi2/c1-2(4)3(5)6/h1,5-6H3. The summed E-state index contributed by atoms with van der Waals surface area (Å²) in [4.78, 5) is 10.1. The molecule has 0 rings (SSSR count). The van der Waals surface area contributed by atoms with Crippen LogP contribution in [0.25, 0.3) is 0 Å². The molecule has 0 aromatic carbocycles. The van der Waals surface area contributed by atoms with Crippen LogP contribution in [-0.4, -0.2) is 30.9 Å². The van der Waals surface area contributed by atoms with Gasteiger partial charge in [-0.15, -0.1) is 0 Å². The molecule has 0 heterocycles. The molecule has 0 fully saturated rings. The third kappa shape index (κ3) is 2.16. The summed E-state index contributed by atoms with van der Waals surface area (Å²) in [6.45, 7) is 1.60. The van der Waals surface area contributed by atoms with E-state index in [9.17, 15) is 4.79 Å². The predicted octanol–water partition coefficient (Wildman–Crippen LogP) is -2.60. The fourth-order valence-corrected chi connectivity index (χ4v) is 0. The zero-order valence-corrected chi connectivity index (χ0v) is 8.36. The number of hydrogen-bond donors (Lipinski definition) is 0. The minimum atomic E-state index is 0.216. The van der Waals surface area contributed by atoms with E-state index >= 15 is 0 Å². The first-order chi connectivity index (χ1) is 2.64. The Balaban J connectivity index is 3.26. The number of carbonyl (C=O) groups is 1. The number of amides is 1. The lowest BCUT2D eigenvalue weighted by atomic mass is 10.8. The lowest BCUT2D eigenvalue weighted by Gasteiger charge is -2.03. The molecule has 4 heteroatoms. The van der Waals surface area contributed by atoms with E-state index < -0.39 is 0 Å². The number of hydrogen-bond acceptors (Lipinski definition) is 1. The number of nitrogens with zero attached hydrogens (tertiary/aromatic N) is 1. The Hall–Kier alpha value is -0.0962. The molecule has 0 aliphatic heterocycles. The van der Waals surface area contributed by atoms with E-state index in [1.165, 1.54) is 0 Å². The second-order valence-corrected chi connectivity index (χ2v) is 5.89. The molecule has 36 valence electrons. The lowest BCUT2D eigenvalue weighted by Crippen LogP contribution is -2.21. The third-order valence-corrected chi connectivity index (χ3v) is 1.89. The Labute approximate surface area is 43.5 Å². The minimum Gasteiger partial charge on any atom is -0.412 e. The Bertz CT molecular complexity index is 62.6. The Morgan fingerprint density at radius 3 is 1.83 bits per heavy atom. The van der Waals surface area contributed by atoms with Crippen LogP contribution in [0.1, 0.15) is 6.92 Å². The van der Waals surface area contributed by atoms with E-state index in [2.05, 4.69) is 0 Å². The SMILES string of the molecule is CC(=O)N([SiH3])[SiH3]. The highest BCUT2D eigenvalue weighted by Gasteiger charge is 1.86. The van der Waals surface area contributed by atoms with Gasteiger partial charge in [-0.25, -0.2) is 0 Å². The smallest absolute Gasteiger partial charge is 0.202 e. The Morgan fingerprint density at radius 2 is 1.83 bits per heavy atom. The average molecular weight is 119 g/mol. The van der Waals surface area contributed by atoms with Gasteiger partial charge in [-0.2, -0.15) is 0 Å². The summed E-state index contributed by atoms with van der Waals surface area (Å²) in [5.74, 6) is 0.216. The fraction of sp³-hybridized carbons (Fsp3) is 0.500. The molecule has 0 saturated heterocycles. The van der Waals surface area contributed by atoms with Crippen molar-refractivity contribution in [2.45, 2.75) is 6.92 Å². The minimum absolute atomic E-state index is 0.216. The maximum Gasteiger partial charge on any atom is 0.202 e. The average Bonchev–Trinajstić information content (AvgIpc) is 1.36. The van der Waals surface area contributed by atoms with Crippen LogP contribution in [0.15, 0.2) is 0 Å². The van der Waals surface area contributed by atoms with E-state index in [1.807, 2.05) is 0 Å². The fourth-order valence-electron chi connectivity index (χ4n) is 0. The highest BCUT2D eigenvalue weighted by molar-refractivity contribution is 6.33. The summed E-state index contributed by atoms with van der Waals surface area (Å²) in [5, 5.41) is 0. The van der Waals surface area contributed by atoms with Crippen molar-refractivity contribution in [1.82, 2.24) is 4.23 Å². The summed E-state index contributed by atoms with van der Waals surface area (Å²) in [7, 11) is 1.80. The van der Waals surface area contributed by atoms with Crippen LogP contribution >= 0.6 is 0 Å². The number of rotatable bonds is 0. The molecule has 0 aliphatic carbocycles. The van der Waals surface area contributed by atoms with E-state index in [-0.39, 0.29) is 5.91 Å². The monoisotopic (exact) mass is 119 g/mol. The first-order valence-corrected chi connectivity index (χ1v) is 3.61. The van der Waals surface area contributed by atoms with Crippen molar-refractivity contribution >= 4 is 26.7 Å². The molecule has 0 radical (unpaired) electrons. The molecule has 0 aliphatic rings. The van der Waals surface area contributed by atoms with Gasteiger partial charge in [0.05, 0.1) is 20.8 Å². The van der Waals surface area contributed by atoms with Gasteiger partial charge < -0.3 is 4.23 Å². The lowest BCUT2D eigenvalue weighted by molar-refractivity contribution is -0.121. The molecule has 0 bridgehead atoms. The quantitative estimate of drug-likeness (QED) is 0.320. The van der Waals surface area contributed by atoms with Gasteiger partial charge >= 0.3 is 0 Å². The van der Waals surface area contributed by atoms with Gasteiger partial charge in [0, 0.05) is 6.92 Å². The summed E-state index contributed by atoms with van der Waals surface area (Å²) in [6, 6.07) is 0. The molecule has 0 saturated carbocycles. The zero-order valence-electron chi connectivity index (χ0n) is 4.36. The second-order valence-electron chi connectivity index (χ2n) is 1.41. The molecule has 0 N–H and O–H groups in total. The van der Waals surface area contributed by atoms with Gasteiger partial charge in [-0.1, -0.05) is 0 Å². The van der Waals surface area contributed by atoms with Crippen LogP contribution in [0.5, 0.6) is 0 Å². The Morgan fingerprint density at radius 1 is 1.67 bits per heavy atom. The summed E-state index contributed by atoms with van der Waals surface area (Å²) < 4.78 is 1.81. The predicted molar refractivity (Wildman–Crippen MR) is 32.4 cm³/mol. The van der Waals surface area contributed by atoms with Crippen LogP contribution in [-0.2, 0) is 4.79 Å². The summed E-state index contributed by atoms with van der Waals surface area (Å²) in [5.41, 5.74) is 0. The highest BCUT2D eigenvalue weighted by Crippen LogP contribution is 1.66. The molecule has 0 atom stereocenters. The van der Waals surface area contributed by atoms with Crippen molar-refractivity contribution in [2.24, 2.45) is 0 Å². The van der Waals surface area contributed by atoms with E-state index in [1.54, 1.807) is 11.2 Å². The largest absolute Gasteiger partial charge is 0.412 e. The van der Waals surface area contributed by atoms with E-state index in [4.69, 9.17) is 0 Å². The summed E-state index contributed by atoms with van der Waals surface area (Å²) in [6.07, 6.45) is 0. The molecule has 0 aromatic rings. The van der Waals surface area contributed by atoms with E-state index in [0.717, 1.165) is 20.8 Å². The zero-order chi connectivity index (χ0) is 5.15. The van der Waals surface area contributed by atoms with E-state index in [0.29, 0.717) is 0 Å². The van der Waals surface area contributed by atoms with Crippen LogP contribution in [0.4, 0.5) is 0 Å². The summed E-state index contributed by atoms with van der Waals surface area (Å²) >= 11 is 0. The van der Waals surface area contributed by atoms with Crippen molar-refractivity contribution in [3.8, 4) is 0 Å². The first-order valence-electron chi connectivity index (χ1n) is 1.82. The molecule has 0 unspecified atom stereocenters. The molecular weight excluding hydrogens is 110 g/mol. The van der Waals surface area contributed by atoms with Crippen molar-refractivity contribution < 1.29 is 4.79 Å². The number of carbonyl (C=O) groups excluding carboxylic acids is 1. The molecule has 0 aromatic heterocycles. The van der Waals surface area contributed by atoms with Gasteiger partial charge in [0.2, 0.25) is 5.91 Å². The maximum atomic E-state index is 10.1. The van der Waals surface area contributed by atoms with Crippen molar-refractivity contribution in [3.05, 3.63) is 0 Å². The van der Waals surface area contributed by atoms with Gasteiger partial charge in [0.25, 0.3) is 0 Å². The van der Waals surface area contributed by atoms with Crippen molar-refractivity contribution in [3.63, 3.8) is 0 Å². The molecule has 6 heavy (non-hydrogen) atoms. The third-order valence-electron chi connectivity index (χ3n) is 0.630. The first kappa shape index (κ1) is 5.90. The van der Waals surface area contributed by atoms with Gasteiger partial charge in [-0.3, -0.25) is 4.79 Å². The Kier molecular flexibility index (Phi) is 2.11. The van der Waals surface area contributed by atoms with Crippen LogP contribution in [0.2, 0.25) is 0 Å². The molecule has 0 spiro atoms. The molecular formula is C2H9NOSi2. The normalized spacial score (nSPS) is 8.83. The topological polar surface area (TPSA) is 20.3 Å². The van der Waals surface area contributed by atoms with Crippen LogP contribution in [0.3, 0.4) is 0 Å². The molecule has 1 amide bonds. The van der Waals surface area contributed by atoms with Crippen LogP contribution in [0, 0.1) is 0 Å². The molecule has 2 nitrogen and oxygen atoms in total. The van der Waals surface area contributed by atoms with Gasteiger partial charge in [0.15, 0.2) is 0 Å². The highest BCUT2D eigenvalue weighted by atomic mass is 28.2. The van der Waals surface area contributed by atoms with Gasteiger partial charge in [0.1, 0.15) is 0 Å².